The van der Waals surface area contributed by atoms with Gasteiger partial charge in [-0.15, -0.1) is 0 Å². The molecule has 142 valence electrons. The highest BCUT2D eigenvalue weighted by atomic mass is 32.2. The largest absolute Gasteiger partial charge is 0.311 e. The van der Waals surface area contributed by atoms with Crippen molar-refractivity contribution in [2.24, 2.45) is 11.8 Å². The Labute approximate surface area is 150 Å². The van der Waals surface area contributed by atoms with E-state index < -0.39 is 33.9 Å². The first kappa shape index (κ1) is 20.1. The average molecular weight is 372 g/mol. The topological polar surface area (TPSA) is 95.6 Å². The third-order valence-electron chi connectivity index (χ3n) is 4.83. The second kappa shape index (κ2) is 7.55. The Morgan fingerprint density at radius 2 is 2.00 bits per heavy atom. The molecule has 2 rings (SSSR count). The number of ketones is 1. The first-order valence-corrected chi connectivity index (χ1v) is 10.6. The van der Waals surface area contributed by atoms with E-state index >= 15 is 0 Å². The molecule has 0 saturated carbocycles. The molecule has 0 aromatic carbocycles. The molecular formula is C17H29N3O4S. The molecule has 0 bridgehead atoms. The van der Waals surface area contributed by atoms with Crippen LogP contribution in [0.2, 0.25) is 0 Å². The number of amides is 1. The lowest BCUT2D eigenvalue weighted by molar-refractivity contribution is -0.133. The summed E-state index contributed by atoms with van der Waals surface area (Å²) in [5.74, 6) is -1.72. The van der Waals surface area contributed by atoms with Gasteiger partial charge in [-0.3, -0.25) is 9.59 Å². The minimum Gasteiger partial charge on any atom is -0.311 e. The average Bonchev–Trinajstić information content (AvgIpc) is 3.00. The van der Waals surface area contributed by atoms with E-state index in [4.69, 9.17) is 0 Å². The number of carbonyl (C=O) groups excluding carboxylic acids is 2. The van der Waals surface area contributed by atoms with Crippen molar-refractivity contribution in [2.75, 3.05) is 19.3 Å². The third kappa shape index (κ3) is 4.30. The Bertz CT molecular complexity index is 669. The van der Waals surface area contributed by atoms with Gasteiger partial charge >= 0.3 is 0 Å². The van der Waals surface area contributed by atoms with Crippen LogP contribution >= 0.6 is 0 Å². The van der Waals surface area contributed by atoms with E-state index in [1.54, 1.807) is 0 Å². The summed E-state index contributed by atoms with van der Waals surface area (Å²) in [6.45, 7) is 9.22. The molecule has 8 heteroatoms. The van der Waals surface area contributed by atoms with Crippen molar-refractivity contribution < 1.29 is 18.0 Å². The van der Waals surface area contributed by atoms with Gasteiger partial charge in [0, 0.05) is 18.6 Å². The number of nitrogens with zero attached hydrogens (tertiary/aromatic N) is 1. The number of fused-ring (bicyclic) bond motifs is 1. The summed E-state index contributed by atoms with van der Waals surface area (Å²) >= 11 is 0. The van der Waals surface area contributed by atoms with Crippen LogP contribution < -0.4 is 10.6 Å². The molecule has 0 aliphatic carbocycles. The highest BCUT2D eigenvalue weighted by molar-refractivity contribution is 7.88. The van der Waals surface area contributed by atoms with Crippen LogP contribution in [0.4, 0.5) is 0 Å². The van der Waals surface area contributed by atoms with Gasteiger partial charge in [-0.25, -0.2) is 12.7 Å². The highest BCUT2D eigenvalue weighted by Gasteiger charge is 2.55. The SMILES string of the molecule is CC(C)NCC(=CC(=O)[C@@H]1C(=O)N(S(C)(=O)=O)[C@H]2CCN[C@H]12)C(C)C. The van der Waals surface area contributed by atoms with Crippen LogP contribution in [0.25, 0.3) is 0 Å². The van der Waals surface area contributed by atoms with Crippen LogP contribution in [0.15, 0.2) is 11.6 Å². The van der Waals surface area contributed by atoms with Crippen LogP contribution in [-0.2, 0) is 19.6 Å². The van der Waals surface area contributed by atoms with E-state index in [2.05, 4.69) is 10.6 Å². The number of nitrogens with one attached hydrogen (secondary N) is 2. The number of carbonyl (C=O) groups is 2. The molecule has 0 spiro atoms. The number of hydrogen-bond donors (Lipinski definition) is 2. The molecule has 2 saturated heterocycles. The van der Waals surface area contributed by atoms with Crippen molar-refractivity contribution >= 4 is 21.7 Å². The quantitative estimate of drug-likeness (QED) is 0.493. The van der Waals surface area contributed by atoms with Crippen molar-refractivity contribution in [1.82, 2.24) is 14.9 Å². The van der Waals surface area contributed by atoms with E-state index in [9.17, 15) is 18.0 Å². The zero-order valence-electron chi connectivity index (χ0n) is 15.6. The van der Waals surface area contributed by atoms with Gasteiger partial charge in [0.2, 0.25) is 15.9 Å². The van der Waals surface area contributed by atoms with E-state index in [-0.39, 0.29) is 17.7 Å². The minimum absolute atomic E-state index is 0.157. The number of rotatable bonds is 7. The fourth-order valence-electron chi connectivity index (χ4n) is 3.50. The van der Waals surface area contributed by atoms with Gasteiger partial charge in [0.25, 0.3) is 0 Å². The van der Waals surface area contributed by atoms with Gasteiger partial charge in [-0.05, 0) is 25.0 Å². The molecule has 0 aromatic rings. The van der Waals surface area contributed by atoms with E-state index in [0.29, 0.717) is 19.5 Å². The van der Waals surface area contributed by atoms with Crippen molar-refractivity contribution in [3.05, 3.63) is 11.6 Å². The first-order chi connectivity index (χ1) is 11.5. The lowest BCUT2D eigenvalue weighted by Crippen LogP contribution is -2.39. The molecule has 7 nitrogen and oxygen atoms in total. The molecular weight excluding hydrogens is 342 g/mol. The van der Waals surface area contributed by atoms with Crippen molar-refractivity contribution in [2.45, 2.75) is 52.2 Å². The maximum absolute atomic E-state index is 12.8. The molecule has 0 radical (unpaired) electrons. The van der Waals surface area contributed by atoms with E-state index in [1.807, 2.05) is 27.7 Å². The van der Waals surface area contributed by atoms with Crippen molar-refractivity contribution in [3.63, 3.8) is 0 Å². The lowest BCUT2D eigenvalue weighted by atomic mass is 9.92. The summed E-state index contributed by atoms with van der Waals surface area (Å²) in [4.78, 5) is 25.5. The number of sulfonamides is 1. The predicted molar refractivity (Wildman–Crippen MR) is 96.4 cm³/mol. The van der Waals surface area contributed by atoms with Crippen molar-refractivity contribution in [3.8, 4) is 0 Å². The molecule has 25 heavy (non-hydrogen) atoms. The monoisotopic (exact) mass is 371 g/mol. The summed E-state index contributed by atoms with van der Waals surface area (Å²) in [7, 11) is -3.68. The standard InChI is InChI=1S/C17H29N3O4S/c1-10(2)12(9-19-11(3)4)8-14(21)15-16-13(6-7-18-16)20(17(15)22)25(5,23)24/h8,10-11,13,15-16,18-19H,6-7,9H2,1-5H3/t13-,15-,16-/m0/s1. The fraction of sp³-hybridized carbons (Fsp3) is 0.765. The van der Waals surface area contributed by atoms with Crippen LogP contribution in [0, 0.1) is 11.8 Å². The van der Waals surface area contributed by atoms with E-state index in [1.165, 1.54) is 6.08 Å². The second-order valence-electron chi connectivity index (χ2n) is 7.52. The second-order valence-corrected chi connectivity index (χ2v) is 9.38. The summed E-state index contributed by atoms with van der Waals surface area (Å²) in [5, 5.41) is 6.43. The predicted octanol–water partition coefficient (Wildman–Crippen LogP) is 0.284. The zero-order chi connectivity index (χ0) is 18.9. The number of allylic oxidation sites excluding steroid dienone is 1. The van der Waals surface area contributed by atoms with Gasteiger partial charge < -0.3 is 10.6 Å². The maximum atomic E-state index is 12.8. The molecule has 2 heterocycles. The zero-order valence-corrected chi connectivity index (χ0v) is 16.4. The normalized spacial score (nSPS) is 27.5. The lowest BCUT2D eigenvalue weighted by Gasteiger charge is -2.20. The third-order valence-corrected chi connectivity index (χ3v) is 5.99. The van der Waals surface area contributed by atoms with Gasteiger partial charge in [0.05, 0.1) is 12.3 Å². The summed E-state index contributed by atoms with van der Waals surface area (Å²) in [6, 6.07) is -0.606. The Balaban J connectivity index is 2.28. The molecule has 2 aliphatic rings. The Morgan fingerprint density at radius 1 is 1.36 bits per heavy atom. The van der Waals surface area contributed by atoms with Gasteiger partial charge in [0.15, 0.2) is 5.78 Å². The Kier molecular flexibility index (Phi) is 6.06. The Morgan fingerprint density at radius 3 is 2.52 bits per heavy atom. The Hall–Kier alpha value is -1.25. The van der Waals surface area contributed by atoms with Crippen LogP contribution in [0.1, 0.15) is 34.1 Å². The maximum Gasteiger partial charge on any atom is 0.248 e. The molecule has 0 unspecified atom stereocenters. The molecule has 0 aromatic heterocycles. The van der Waals surface area contributed by atoms with Crippen LogP contribution in [-0.4, -0.2) is 61.9 Å². The highest BCUT2D eigenvalue weighted by Crippen LogP contribution is 2.34. The number of hydrogen-bond acceptors (Lipinski definition) is 6. The minimum atomic E-state index is -3.68. The van der Waals surface area contributed by atoms with Gasteiger partial charge in [0.1, 0.15) is 5.92 Å². The molecule has 1 amide bonds. The smallest absolute Gasteiger partial charge is 0.248 e. The first-order valence-electron chi connectivity index (χ1n) is 8.78. The van der Waals surface area contributed by atoms with Crippen LogP contribution in [0.3, 0.4) is 0 Å². The summed E-state index contributed by atoms with van der Waals surface area (Å²) < 4.78 is 24.9. The molecule has 3 atom stereocenters. The summed E-state index contributed by atoms with van der Waals surface area (Å²) in [6.07, 6.45) is 3.10. The summed E-state index contributed by atoms with van der Waals surface area (Å²) in [5.41, 5.74) is 0.916. The van der Waals surface area contributed by atoms with Gasteiger partial charge in [-0.1, -0.05) is 33.3 Å². The molecule has 2 N–H and O–H groups in total. The fourth-order valence-corrected chi connectivity index (χ4v) is 4.66. The molecule has 2 fully saturated rings. The van der Waals surface area contributed by atoms with Crippen molar-refractivity contribution in [1.29, 1.82) is 0 Å². The van der Waals surface area contributed by atoms with Crippen LogP contribution in [0.5, 0.6) is 0 Å². The molecule has 2 aliphatic heterocycles. The van der Waals surface area contributed by atoms with E-state index in [0.717, 1.165) is 16.1 Å². The van der Waals surface area contributed by atoms with Gasteiger partial charge in [-0.2, -0.15) is 0 Å².